The minimum absolute atomic E-state index is 0.0560. The number of carbonyl (C=O) groups excluding carboxylic acids is 1. The Morgan fingerprint density at radius 2 is 2.10 bits per heavy atom. The molecule has 0 unspecified atom stereocenters. The van der Waals surface area contributed by atoms with Crippen molar-refractivity contribution in [2.24, 2.45) is 18.9 Å². The molecule has 2 aliphatic carbocycles. The van der Waals surface area contributed by atoms with Crippen molar-refractivity contribution >= 4 is 5.78 Å². The summed E-state index contributed by atoms with van der Waals surface area (Å²) in [4.78, 5) is 12.8. The van der Waals surface area contributed by atoms with Gasteiger partial charge in [-0.15, -0.1) is 0 Å². The Morgan fingerprint density at radius 3 is 2.79 bits per heavy atom. The third-order valence-electron chi connectivity index (χ3n) is 6.58. The summed E-state index contributed by atoms with van der Waals surface area (Å²) < 4.78 is 1.77. The second kappa shape index (κ2) is 6.28. The molecule has 0 spiro atoms. The molecule has 0 bridgehead atoms. The maximum atomic E-state index is 12.8. The van der Waals surface area contributed by atoms with Crippen molar-refractivity contribution in [3.8, 4) is 17.3 Å². The molecule has 1 N–H and O–H groups in total. The van der Waals surface area contributed by atoms with Gasteiger partial charge in [-0.25, -0.2) is 0 Å². The molecule has 6 nitrogen and oxygen atoms in total. The number of H-pyrrole nitrogens is 1. The average Bonchev–Trinajstić information content (AvgIpc) is 3.37. The Hall–Kier alpha value is -3.46. The molecule has 6 heteroatoms. The van der Waals surface area contributed by atoms with Gasteiger partial charge in [0, 0.05) is 30.3 Å². The molecular weight excluding hydrogens is 362 g/mol. The fourth-order valence-electron chi connectivity index (χ4n) is 5.24. The number of ketones is 1. The lowest BCUT2D eigenvalue weighted by Gasteiger charge is -2.47. The minimum Gasteiger partial charge on any atom is -0.293 e. The van der Waals surface area contributed by atoms with E-state index in [1.807, 2.05) is 50.6 Å². The smallest absolute Gasteiger partial charge is 0.176 e. The van der Waals surface area contributed by atoms with Gasteiger partial charge < -0.3 is 0 Å². The van der Waals surface area contributed by atoms with Crippen LogP contribution in [-0.2, 0) is 23.7 Å². The summed E-state index contributed by atoms with van der Waals surface area (Å²) in [6.07, 6.45) is 7.36. The normalized spacial score (nSPS) is 25.7. The number of nitriles is 1. The number of nitrogens with zero attached hydrogens (tertiary/aromatic N) is 4. The maximum absolute atomic E-state index is 12.8. The summed E-state index contributed by atoms with van der Waals surface area (Å²) in [6, 6.07) is 12.3. The van der Waals surface area contributed by atoms with E-state index in [9.17, 15) is 10.1 Å². The van der Waals surface area contributed by atoms with Gasteiger partial charge in [0.2, 0.25) is 0 Å². The molecule has 0 saturated carbocycles. The van der Waals surface area contributed by atoms with E-state index in [4.69, 9.17) is 0 Å². The number of fused-ring (bicyclic) bond motifs is 3. The molecule has 0 radical (unpaired) electrons. The second-order valence-corrected chi connectivity index (χ2v) is 8.03. The van der Waals surface area contributed by atoms with Crippen LogP contribution < -0.4 is 0 Å². The first kappa shape index (κ1) is 17.6. The van der Waals surface area contributed by atoms with Crippen LogP contribution >= 0.6 is 0 Å². The number of nitrogens with one attached hydrogen (secondary N) is 1. The summed E-state index contributed by atoms with van der Waals surface area (Å²) in [5.74, 6) is -0.211. The number of hydrogen-bond donors (Lipinski definition) is 1. The predicted molar refractivity (Wildman–Crippen MR) is 108 cm³/mol. The predicted octanol–water partition coefficient (Wildman–Crippen LogP) is 3.33. The highest BCUT2D eigenvalue weighted by atomic mass is 16.1. The molecule has 2 aromatic heterocycles. The average molecular weight is 383 g/mol. The van der Waals surface area contributed by atoms with Crippen molar-refractivity contribution in [1.29, 1.82) is 5.26 Å². The number of aromatic amines is 1. The maximum Gasteiger partial charge on any atom is 0.176 e. The fraction of sp³-hybridized carbons (Fsp3) is 0.304. The van der Waals surface area contributed by atoms with Gasteiger partial charge in [0.1, 0.15) is 6.07 Å². The molecule has 3 aromatic rings. The summed E-state index contributed by atoms with van der Waals surface area (Å²) in [6.45, 7) is 1.96. The molecule has 2 aliphatic rings. The zero-order chi connectivity index (χ0) is 20.2. The first-order chi connectivity index (χ1) is 14.1. The number of allylic oxidation sites excluding steroid dienone is 2. The summed E-state index contributed by atoms with van der Waals surface area (Å²) >= 11 is 0. The number of benzene rings is 1. The van der Waals surface area contributed by atoms with Crippen molar-refractivity contribution in [2.45, 2.75) is 25.2 Å². The Bertz CT molecular complexity index is 1180. The molecule has 29 heavy (non-hydrogen) atoms. The summed E-state index contributed by atoms with van der Waals surface area (Å²) in [7, 11) is 1.89. The van der Waals surface area contributed by atoms with Crippen molar-refractivity contribution in [1.82, 2.24) is 20.0 Å². The van der Waals surface area contributed by atoms with Gasteiger partial charge in [0.05, 0.1) is 28.6 Å². The van der Waals surface area contributed by atoms with Crippen molar-refractivity contribution < 1.29 is 4.79 Å². The molecule has 0 aliphatic heterocycles. The van der Waals surface area contributed by atoms with Crippen LogP contribution in [0.4, 0.5) is 0 Å². The van der Waals surface area contributed by atoms with Crippen LogP contribution in [0.25, 0.3) is 11.3 Å². The van der Waals surface area contributed by atoms with E-state index < -0.39 is 5.41 Å². The van der Waals surface area contributed by atoms with Gasteiger partial charge in [0.15, 0.2) is 5.78 Å². The van der Waals surface area contributed by atoms with E-state index >= 15 is 0 Å². The lowest BCUT2D eigenvalue weighted by atomic mass is 9.54. The van der Waals surface area contributed by atoms with Crippen LogP contribution in [0.3, 0.4) is 0 Å². The highest BCUT2D eigenvalue weighted by Crippen LogP contribution is 2.54. The van der Waals surface area contributed by atoms with E-state index in [1.165, 1.54) is 0 Å². The first-order valence-electron chi connectivity index (χ1n) is 9.85. The van der Waals surface area contributed by atoms with Crippen LogP contribution in [-0.4, -0.2) is 25.8 Å². The Morgan fingerprint density at radius 1 is 1.31 bits per heavy atom. The van der Waals surface area contributed by atoms with E-state index in [0.29, 0.717) is 0 Å². The van der Waals surface area contributed by atoms with Crippen molar-refractivity contribution in [3.05, 3.63) is 71.2 Å². The third kappa shape index (κ3) is 2.37. The van der Waals surface area contributed by atoms with Gasteiger partial charge in [-0.05, 0) is 30.4 Å². The fourth-order valence-corrected chi connectivity index (χ4v) is 5.24. The summed E-state index contributed by atoms with van der Waals surface area (Å²) in [5, 5.41) is 21.9. The molecule has 5 rings (SSSR count). The highest BCUT2D eigenvalue weighted by Gasteiger charge is 2.53. The van der Waals surface area contributed by atoms with Gasteiger partial charge in [-0.1, -0.05) is 37.3 Å². The van der Waals surface area contributed by atoms with Crippen LogP contribution in [0, 0.1) is 23.2 Å². The van der Waals surface area contributed by atoms with Gasteiger partial charge in [-0.2, -0.15) is 15.5 Å². The van der Waals surface area contributed by atoms with E-state index in [1.54, 1.807) is 4.68 Å². The van der Waals surface area contributed by atoms with Gasteiger partial charge in [0.25, 0.3) is 0 Å². The van der Waals surface area contributed by atoms with E-state index in [2.05, 4.69) is 33.5 Å². The zero-order valence-electron chi connectivity index (χ0n) is 16.4. The Labute approximate surface area is 168 Å². The highest BCUT2D eigenvalue weighted by molar-refractivity contribution is 6.02. The van der Waals surface area contributed by atoms with Gasteiger partial charge >= 0.3 is 0 Å². The Balaban J connectivity index is 1.81. The third-order valence-corrected chi connectivity index (χ3v) is 6.58. The largest absolute Gasteiger partial charge is 0.293 e. The first-order valence-corrected chi connectivity index (χ1v) is 9.85. The number of aromatic nitrogens is 4. The SMILES string of the molecule is C[C@H]1C(=O)C(C#N)=C[C@]2(c3ccccc3)c3[nH]nc(-c4cnn(C)c4)c3CC[C@H]12. The van der Waals surface area contributed by atoms with E-state index in [-0.39, 0.29) is 23.2 Å². The number of rotatable bonds is 2. The van der Waals surface area contributed by atoms with Crippen LogP contribution in [0.15, 0.2) is 54.4 Å². The molecule has 1 aromatic carbocycles. The minimum atomic E-state index is -0.569. The quantitative estimate of drug-likeness (QED) is 0.735. The molecule has 0 saturated heterocycles. The topological polar surface area (TPSA) is 87.4 Å². The van der Waals surface area contributed by atoms with E-state index in [0.717, 1.165) is 40.9 Å². The molecule has 0 fully saturated rings. The monoisotopic (exact) mass is 383 g/mol. The van der Waals surface area contributed by atoms with Crippen molar-refractivity contribution in [3.63, 3.8) is 0 Å². The van der Waals surface area contributed by atoms with Crippen molar-refractivity contribution in [2.75, 3.05) is 0 Å². The van der Waals surface area contributed by atoms with Crippen LogP contribution in [0.5, 0.6) is 0 Å². The number of carbonyl (C=O) groups is 1. The molecular formula is C23H21N5O. The number of hydrogen-bond acceptors (Lipinski definition) is 4. The summed E-state index contributed by atoms with van der Waals surface area (Å²) in [5.41, 5.74) is 4.76. The second-order valence-electron chi connectivity index (χ2n) is 8.03. The molecule has 3 atom stereocenters. The lowest BCUT2D eigenvalue weighted by molar-refractivity contribution is -0.121. The van der Waals surface area contributed by atoms with Gasteiger partial charge in [-0.3, -0.25) is 14.6 Å². The molecule has 0 amide bonds. The zero-order valence-corrected chi connectivity index (χ0v) is 16.4. The van der Waals surface area contributed by atoms with Crippen LogP contribution in [0.2, 0.25) is 0 Å². The van der Waals surface area contributed by atoms with Crippen LogP contribution in [0.1, 0.15) is 30.2 Å². The molecule has 2 heterocycles. The standard InChI is InChI=1S/C23H21N5O/c1-14-19-9-8-18-20(16-12-25-28(2)13-16)26-27-22(18)23(19,10-15(11-24)21(14)29)17-6-4-3-5-7-17/h3-7,10,12-14,19H,8-9H2,1-2H3,(H,26,27)/t14-,19-,23-/m1/s1. The Kier molecular flexibility index (Phi) is 3.82. The lowest BCUT2D eigenvalue weighted by Crippen LogP contribution is -2.48. The molecule has 144 valence electrons. The number of Topliss-reactive ketones (excluding diaryl/α,β-unsaturated/α-hetero) is 1. The number of aryl methyl sites for hydroxylation is 1.